The molecule has 0 fully saturated rings. The summed E-state index contributed by atoms with van der Waals surface area (Å²) in [6.07, 6.45) is 0. The average molecular weight is 497 g/mol. The molecular formula is C24H24N4O6S. The number of rotatable bonds is 10. The molecule has 0 aromatic heterocycles. The molecule has 3 aromatic carbocycles. The molecular weight excluding hydrogens is 472 g/mol. The molecule has 0 heterocycles. The van der Waals surface area contributed by atoms with Crippen molar-refractivity contribution < 1.29 is 22.9 Å². The molecule has 182 valence electrons. The Labute approximate surface area is 203 Å². The number of hydrogen-bond donors (Lipinski definition) is 1. The summed E-state index contributed by atoms with van der Waals surface area (Å²) in [5.74, 6) is -0.129. The summed E-state index contributed by atoms with van der Waals surface area (Å²) in [4.78, 5) is 23.0. The zero-order chi connectivity index (χ0) is 25.4. The largest absolute Gasteiger partial charge is 0.494 e. The van der Waals surface area contributed by atoms with Gasteiger partial charge in [-0.2, -0.15) is 5.10 Å². The number of nitro groups is 1. The summed E-state index contributed by atoms with van der Waals surface area (Å²) >= 11 is 0. The molecule has 10 nitrogen and oxygen atoms in total. The van der Waals surface area contributed by atoms with E-state index in [4.69, 9.17) is 4.74 Å². The van der Waals surface area contributed by atoms with E-state index in [0.29, 0.717) is 29.3 Å². The van der Waals surface area contributed by atoms with Gasteiger partial charge in [-0.3, -0.25) is 19.2 Å². The van der Waals surface area contributed by atoms with E-state index in [-0.39, 0.29) is 10.6 Å². The normalized spacial score (nSPS) is 11.5. The first-order chi connectivity index (χ1) is 16.7. The second-order valence-electron chi connectivity index (χ2n) is 7.29. The number of non-ortho nitro benzene ring substituents is 1. The maximum absolute atomic E-state index is 13.4. The number of para-hydroxylation sites is 1. The molecule has 0 radical (unpaired) electrons. The highest BCUT2D eigenvalue weighted by Crippen LogP contribution is 2.25. The van der Waals surface area contributed by atoms with Crippen molar-refractivity contribution in [3.8, 4) is 5.75 Å². The lowest BCUT2D eigenvalue weighted by molar-refractivity contribution is -0.384. The monoisotopic (exact) mass is 496 g/mol. The maximum Gasteiger partial charge on any atom is 0.269 e. The van der Waals surface area contributed by atoms with Crippen LogP contribution >= 0.6 is 0 Å². The summed E-state index contributed by atoms with van der Waals surface area (Å²) < 4.78 is 33.2. The molecule has 0 bridgehead atoms. The van der Waals surface area contributed by atoms with Gasteiger partial charge in [0.15, 0.2) is 0 Å². The van der Waals surface area contributed by atoms with E-state index in [0.717, 1.165) is 4.31 Å². The highest BCUT2D eigenvalue weighted by atomic mass is 32.2. The Morgan fingerprint density at radius 1 is 1.03 bits per heavy atom. The number of ether oxygens (including phenoxy) is 1. The molecule has 0 aliphatic rings. The van der Waals surface area contributed by atoms with Gasteiger partial charge in [0.2, 0.25) is 0 Å². The molecule has 0 spiro atoms. The minimum atomic E-state index is -4.08. The summed E-state index contributed by atoms with van der Waals surface area (Å²) in [5.41, 5.74) is 3.57. The van der Waals surface area contributed by atoms with E-state index >= 15 is 0 Å². The van der Waals surface area contributed by atoms with Crippen LogP contribution in [-0.4, -0.2) is 38.1 Å². The lowest BCUT2D eigenvalue weighted by atomic mass is 10.1. The van der Waals surface area contributed by atoms with Crippen LogP contribution in [-0.2, 0) is 14.8 Å². The van der Waals surface area contributed by atoms with Gasteiger partial charge in [-0.1, -0.05) is 18.2 Å². The lowest BCUT2D eigenvalue weighted by Gasteiger charge is -2.23. The van der Waals surface area contributed by atoms with Crippen LogP contribution in [0.15, 0.2) is 88.9 Å². The highest BCUT2D eigenvalue weighted by molar-refractivity contribution is 7.92. The van der Waals surface area contributed by atoms with Gasteiger partial charge in [0.05, 0.1) is 27.8 Å². The Bertz CT molecular complexity index is 1310. The smallest absolute Gasteiger partial charge is 0.269 e. The van der Waals surface area contributed by atoms with Gasteiger partial charge in [0.1, 0.15) is 12.3 Å². The fourth-order valence-corrected chi connectivity index (χ4v) is 4.53. The van der Waals surface area contributed by atoms with Crippen molar-refractivity contribution in [2.75, 3.05) is 17.5 Å². The van der Waals surface area contributed by atoms with Crippen molar-refractivity contribution in [3.05, 3.63) is 94.5 Å². The molecule has 1 amide bonds. The van der Waals surface area contributed by atoms with Gasteiger partial charge in [-0.05, 0) is 67.9 Å². The van der Waals surface area contributed by atoms with Crippen LogP contribution in [0.1, 0.15) is 19.4 Å². The second-order valence-corrected chi connectivity index (χ2v) is 9.15. The van der Waals surface area contributed by atoms with Crippen LogP contribution in [0.2, 0.25) is 0 Å². The van der Waals surface area contributed by atoms with Gasteiger partial charge < -0.3 is 4.74 Å². The van der Waals surface area contributed by atoms with Gasteiger partial charge >= 0.3 is 0 Å². The Kier molecular flexibility index (Phi) is 8.16. The number of hydrogen-bond acceptors (Lipinski definition) is 7. The first-order valence-electron chi connectivity index (χ1n) is 10.6. The second kappa shape index (κ2) is 11.3. The molecule has 0 atom stereocenters. The maximum atomic E-state index is 13.4. The predicted molar refractivity (Wildman–Crippen MR) is 132 cm³/mol. The Hall–Kier alpha value is -4.25. The Balaban J connectivity index is 1.81. The third kappa shape index (κ3) is 6.42. The van der Waals surface area contributed by atoms with Crippen LogP contribution in [0.25, 0.3) is 0 Å². The van der Waals surface area contributed by atoms with Crippen LogP contribution < -0.4 is 14.5 Å². The number of anilines is 1. The van der Waals surface area contributed by atoms with E-state index in [2.05, 4.69) is 10.5 Å². The van der Waals surface area contributed by atoms with Crippen molar-refractivity contribution >= 4 is 33.0 Å². The van der Waals surface area contributed by atoms with Crippen molar-refractivity contribution in [2.24, 2.45) is 5.10 Å². The third-order valence-electron chi connectivity index (χ3n) is 4.90. The number of carbonyl (C=O) groups excluding carboxylic acids is 1. The first-order valence-corrected chi connectivity index (χ1v) is 12.0. The van der Waals surface area contributed by atoms with E-state index in [9.17, 15) is 23.3 Å². The molecule has 3 aromatic rings. The molecule has 0 saturated carbocycles. The van der Waals surface area contributed by atoms with Crippen LogP contribution in [0.3, 0.4) is 0 Å². The fraction of sp³-hybridized carbons (Fsp3) is 0.167. The number of nitrogens with zero attached hydrogens (tertiary/aromatic N) is 3. The average Bonchev–Trinajstić information content (AvgIpc) is 2.87. The zero-order valence-electron chi connectivity index (χ0n) is 19.1. The van der Waals surface area contributed by atoms with Crippen LogP contribution in [0, 0.1) is 10.1 Å². The standard InChI is InChI=1S/C24H24N4O6S/c1-3-34-22-13-15-23(16-14-22)35(32,33)27(20-7-5-4-6-8-20)17-24(29)26-25-18(2)19-9-11-21(12-10-19)28(30)31/h4-16H,3,17H2,1-2H3,(H,26,29)/b25-18-. The van der Waals surface area contributed by atoms with E-state index < -0.39 is 27.4 Å². The molecule has 35 heavy (non-hydrogen) atoms. The summed E-state index contributed by atoms with van der Waals surface area (Å²) in [7, 11) is -4.08. The number of hydrazone groups is 1. The first kappa shape index (κ1) is 25.4. The van der Waals surface area contributed by atoms with Crippen molar-refractivity contribution in [2.45, 2.75) is 18.7 Å². The quantitative estimate of drug-likeness (QED) is 0.258. The van der Waals surface area contributed by atoms with E-state index in [1.165, 1.54) is 36.4 Å². The fourth-order valence-electron chi connectivity index (χ4n) is 3.11. The van der Waals surface area contributed by atoms with Gasteiger partial charge in [0, 0.05) is 12.1 Å². The number of amides is 1. The number of benzene rings is 3. The molecule has 0 saturated heterocycles. The number of carbonyl (C=O) groups is 1. The number of sulfonamides is 1. The SMILES string of the molecule is CCOc1ccc(S(=O)(=O)N(CC(=O)N/N=C(/C)c2ccc([N+](=O)[O-])cc2)c2ccccc2)cc1. The molecule has 3 rings (SSSR count). The molecule has 1 N–H and O–H groups in total. The molecule has 11 heteroatoms. The van der Waals surface area contributed by atoms with Gasteiger partial charge in [0.25, 0.3) is 21.6 Å². The summed E-state index contributed by atoms with van der Waals surface area (Å²) in [6.45, 7) is 3.37. The summed E-state index contributed by atoms with van der Waals surface area (Å²) in [5, 5.41) is 14.8. The Morgan fingerprint density at radius 2 is 1.66 bits per heavy atom. The topological polar surface area (TPSA) is 131 Å². The summed E-state index contributed by atoms with van der Waals surface area (Å²) in [6, 6.07) is 19.9. The third-order valence-corrected chi connectivity index (χ3v) is 6.69. The van der Waals surface area contributed by atoms with Gasteiger partial charge in [-0.15, -0.1) is 0 Å². The van der Waals surface area contributed by atoms with Crippen molar-refractivity contribution in [3.63, 3.8) is 0 Å². The molecule has 0 unspecified atom stereocenters. The predicted octanol–water partition coefficient (Wildman–Crippen LogP) is 3.73. The van der Waals surface area contributed by atoms with Crippen molar-refractivity contribution in [1.29, 1.82) is 0 Å². The zero-order valence-corrected chi connectivity index (χ0v) is 19.9. The van der Waals surface area contributed by atoms with Crippen LogP contribution in [0.5, 0.6) is 5.75 Å². The molecule has 0 aliphatic heterocycles. The Morgan fingerprint density at radius 3 is 2.23 bits per heavy atom. The minimum Gasteiger partial charge on any atom is -0.494 e. The highest BCUT2D eigenvalue weighted by Gasteiger charge is 2.27. The van der Waals surface area contributed by atoms with E-state index in [1.54, 1.807) is 49.4 Å². The number of nitro benzene ring substituents is 1. The minimum absolute atomic E-state index is 0.00293. The lowest BCUT2D eigenvalue weighted by Crippen LogP contribution is -2.39. The molecule has 0 aliphatic carbocycles. The van der Waals surface area contributed by atoms with Crippen LogP contribution in [0.4, 0.5) is 11.4 Å². The number of nitrogens with one attached hydrogen (secondary N) is 1. The van der Waals surface area contributed by atoms with E-state index in [1.807, 2.05) is 6.92 Å². The van der Waals surface area contributed by atoms with Crippen molar-refractivity contribution in [1.82, 2.24) is 5.43 Å². The van der Waals surface area contributed by atoms with Gasteiger partial charge in [-0.25, -0.2) is 13.8 Å².